The van der Waals surface area contributed by atoms with E-state index < -0.39 is 0 Å². The van der Waals surface area contributed by atoms with Crippen LogP contribution in [0.2, 0.25) is 0 Å². The summed E-state index contributed by atoms with van der Waals surface area (Å²) in [5, 5.41) is 3.32. The van der Waals surface area contributed by atoms with E-state index in [1.165, 1.54) is 0 Å². The van der Waals surface area contributed by atoms with E-state index in [1.807, 2.05) is 4.90 Å². The first-order chi connectivity index (χ1) is 8.22. The van der Waals surface area contributed by atoms with E-state index in [9.17, 15) is 4.79 Å². The van der Waals surface area contributed by atoms with E-state index >= 15 is 0 Å². The molecule has 2 aliphatic heterocycles. The standard InChI is InChI=1S/C13H24N2O2/c1-3-6-14-12-4-7-15(13(12)16)9-11-5-8-17-10(11)2/h10-12,14H,3-9H2,1-2H3. The lowest BCUT2D eigenvalue weighted by molar-refractivity contribution is -0.130. The maximum absolute atomic E-state index is 12.1. The van der Waals surface area contributed by atoms with Crippen molar-refractivity contribution in [2.24, 2.45) is 5.92 Å². The van der Waals surface area contributed by atoms with Crippen molar-refractivity contribution in [1.82, 2.24) is 10.2 Å². The van der Waals surface area contributed by atoms with Crippen LogP contribution in [0.1, 0.15) is 33.1 Å². The molecule has 17 heavy (non-hydrogen) atoms. The van der Waals surface area contributed by atoms with Crippen LogP contribution >= 0.6 is 0 Å². The molecule has 0 aromatic heterocycles. The molecule has 1 amide bonds. The Labute approximate surface area is 104 Å². The molecule has 2 saturated heterocycles. The molecule has 2 aliphatic rings. The molecule has 2 heterocycles. The number of nitrogens with zero attached hydrogens (tertiary/aromatic N) is 1. The fourth-order valence-electron chi connectivity index (χ4n) is 2.73. The number of carbonyl (C=O) groups is 1. The Morgan fingerprint density at radius 1 is 1.47 bits per heavy atom. The molecule has 0 bridgehead atoms. The monoisotopic (exact) mass is 240 g/mol. The van der Waals surface area contributed by atoms with Gasteiger partial charge in [0.2, 0.25) is 5.91 Å². The Morgan fingerprint density at radius 3 is 2.94 bits per heavy atom. The van der Waals surface area contributed by atoms with Gasteiger partial charge in [-0.15, -0.1) is 0 Å². The fraction of sp³-hybridized carbons (Fsp3) is 0.923. The van der Waals surface area contributed by atoms with Crippen LogP contribution in [0, 0.1) is 5.92 Å². The zero-order valence-electron chi connectivity index (χ0n) is 10.9. The third-order valence-electron chi connectivity index (χ3n) is 3.93. The van der Waals surface area contributed by atoms with Crippen LogP contribution in [-0.2, 0) is 9.53 Å². The maximum Gasteiger partial charge on any atom is 0.239 e. The van der Waals surface area contributed by atoms with Crippen LogP contribution < -0.4 is 5.32 Å². The fourth-order valence-corrected chi connectivity index (χ4v) is 2.73. The van der Waals surface area contributed by atoms with E-state index in [0.717, 1.165) is 45.5 Å². The summed E-state index contributed by atoms with van der Waals surface area (Å²) in [6, 6.07) is 0.0626. The van der Waals surface area contributed by atoms with E-state index in [2.05, 4.69) is 19.2 Å². The Hall–Kier alpha value is -0.610. The average molecular weight is 240 g/mol. The van der Waals surface area contributed by atoms with Gasteiger partial charge in [-0.2, -0.15) is 0 Å². The predicted octanol–water partition coefficient (Wildman–Crippen LogP) is 1.01. The van der Waals surface area contributed by atoms with E-state index in [1.54, 1.807) is 0 Å². The van der Waals surface area contributed by atoms with Gasteiger partial charge in [-0.05, 0) is 32.7 Å². The van der Waals surface area contributed by atoms with Gasteiger partial charge in [-0.1, -0.05) is 6.92 Å². The number of rotatable bonds is 5. The highest BCUT2D eigenvalue weighted by Crippen LogP contribution is 2.23. The van der Waals surface area contributed by atoms with Gasteiger partial charge in [0, 0.05) is 25.6 Å². The normalized spacial score (nSPS) is 33.6. The molecule has 1 N–H and O–H groups in total. The van der Waals surface area contributed by atoms with Crippen LogP contribution in [0.15, 0.2) is 0 Å². The van der Waals surface area contributed by atoms with Crippen LogP contribution in [-0.4, -0.2) is 49.2 Å². The summed E-state index contributed by atoms with van der Waals surface area (Å²) in [6.07, 6.45) is 3.45. The molecule has 98 valence electrons. The van der Waals surface area contributed by atoms with Crippen LogP contribution in [0.3, 0.4) is 0 Å². The highest BCUT2D eigenvalue weighted by molar-refractivity contribution is 5.83. The molecule has 3 atom stereocenters. The number of hydrogen-bond acceptors (Lipinski definition) is 3. The van der Waals surface area contributed by atoms with Crippen molar-refractivity contribution in [3.8, 4) is 0 Å². The quantitative estimate of drug-likeness (QED) is 0.780. The molecule has 4 heteroatoms. The molecule has 2 rings (SSSR count). The smallest absolute Gasteiger partial charge is 0.239 e. The second kappa shape index (κ2) is 5.83. The highest BCUT2D eigenvalue weighted by atomic mass is 16.5. The van der Waals surface area contributed by atoms with Crippen molar-refractivity contribution in [2.75, 3.05) is 26.2 Å². The Bertz CT molecular complexity index is 270. The number of likely N-dealkylation sites (tertiary alicyclic amines) is 1. The molecule has 0 aromatic carbocycles. The lowest BCUT2D eigenvalue weighted by Gasteiger charge is -2.22. The summed E-state index contributed by atoms with van der Waals surface area (Å²) in [4.78, 5) is 14.1. The number of ether oxygens (including phenoxy) is 1. The number of nitrogens with one attached hydrogen (secondary N) is 1. The van der Waals surface area contributed by atoms with Gasteiger partial charge in [-0.25, -0.2) is 0 Å². The average Bonchev–Trinajstić information content (AvgIpc) is 2.86. The van der Waals surface area contributed by atoms with E-state index in [-0.39, 0.29) is 11.9 Å². The third kappa shape index (κ3) is 2.99. The lowest BCUT2D eigenvalue weighted by atomic mass is 10.0. The zero-order valence-corrected chi connectivity index (χ0v) is 10.9. The van der Waals surface area contributed by atoms with Gasteiger partial charge in [-0.3, -0.25) is 4.79 Å². The molecule has 0 saturated carbocycles. The topological polar surface area (TPSA) is 41.6 Å². The summed E-state index contributed by atoms with van der Waals surface area (Å²) in [5.74, 6) is 0.821. The number of hydrogen-bond donors (Lipinski definition) is 1. The van der Waals surface area contributed by atoms with Crippen molar-refractivity contribution in [1.29, 1.82) is 0 Å². The van der Waals surface area contributed by atoms with Gasteiger partial charge >= 0.3 is 0 Å². The molecule has 3 unspecified atom stereocenters. The SMILES string of the molecule is CCCNC1CCN(CC2CCOC2C)C1=O. The van der Waals surface area contributed by atoms with Crippen LogP contribution in [0.4, 0.5) is 0 Å². The largest absolute Gasteiger partial charge is 0.378 e. The molecule has 0 radical (unpaired) electrons. The van der Waals surface area contributed by atoms with Crippen molar-refractivity contribution in [2.45, 2.75) is 45.3 Å². The first kappa shape index (κ1) is 12.8. The first-order valence-corrected chi connectivity index (χ1v) is 6.86. The predicted molar refractivity (Wildman–Crippen MR) is 66.8 cm³/mol. The minimum absolute atomic E-state index is 0.0626. The number of amides is 1. The summed E-state index contributed by atoms with van der Waals surface area (Å²) < 4.78 is 5.55. The Morgan fingerprint density at radius 2 is 2.29 bits per heavy atom. The second-order valence-corrected chi connectivity index (χ2v) is 5.20. The van der Waals surface area contributed by atoms with Gasteiger partial charge in [0.15, 0.2) is 0 Å². The molecular formula is C13H24N2O2. The number of carbonyl (C=O) groups excluding carboxylic acids is 1. The van der Waals surface area contributed by atoms with Gasteiger partial charge in [0.05, 0.1) is 12.1 Å². The zero-order chi connectivity index (χ0) is 12.3. The van der Waals surface area contributed by atoms with E-state index in [4.69, 9.17) is 4.74 Å². The van der Waals surface area contributed by atoms with Gasteiger partial charge < -0.3 is 15.0 Å². The Kier molecular flexibility index (Phi) is 4.40. The second-order valence-electron chi connectivity index (χ2n) is 5.20. The van der Waals surface area contributed by atoms with Crippen molar-refractivity contribution < 1.29 is 9.53 Å². The lowest BCUT2D eigenvalue weighted by Crippen LogP contribution is -2.41. The highest BCUT2D eigenvalue weighted by Gasteiger charge is 2.34. The first-order valence-electron chi connectivity index (χ1n) is 6.86. The maximum atomic E-state index is 12.1. The van der Waals surface area contributed by atoms with E-state index in [0.29, 0.717) is 12.0 Å². The minimum Gasteiger partial charge on any atom is -0.378 e. The van der Waals surface area contributed by atoms with Gasteiger partial charge in [0.1, 0.15) is 0 Å². The molecule has 0 aromatic rings. The van der Waals surface area contributed by atoms with Crippen molar-refractivity contribution >= 4 is 5.91 Å². The third-order valence-corrected chi connectivity index (χ3v) is 3.93. The molecule has 2 fully saturated rings. The van der Waals surface area contributed by atoms with Crippen molar-refractivity contribution in [3.05, 3.63) is 0 Å². The minimum atomic E-state index is 0.0626. The summed E-state index contributed by atoms with van der Waals surface area (Å²) in [6.45, 7) is 7.82. The summed E-state index contributed by atoms with van der Waals surface area (Å²) in [5.41, 5.74) is 0. The molecule has 0 spiro atoms. The van der Waals surface area contributed by atoms with Crippen LogP contribution in [0.5, 0.6) is 0 Å². The summed E-state index contributed by atoms with van der Waals surface area (Å²) >= 11 is 0. The summed E-state index contributed by atoms with van der Waals surface area (Å²) in [7, 11) is 0. The van der Waals surface area contributed by atoms with Crippen LogP contribution in [0.25, 0.3) is 0 Å². The molecule has 0 aliphatic carbocycles. The van der Waals surface area contributed by atoms with Gasteiger partial charge in [0.25, 0.3) is 0 Å². The van der Waals surface area contributed by atoms with Crippen molar-refractivity contribution in [3.63, 3.8) is 0 Å². The Balaban J connectivity index is 1.80. The molecular weight excluding hydrogens is 216 g/mol. The molecule has 4 nitrogen and oxygen atoms in total.